The summed E-state index contributed by atoms with van der Waals surface area (Å²) < 4.78 is 25.1. The number of halogens is 2. The van der Waals surface area contributed by atoms with Crippen LogP contribution in [0.2, 0.25) is 5.02 Å². The molecule has 2 N–H and O–H groups in total. The fourth-order valence-corrected chi connectivity index (χ4v) is 4.77. The van der Waals surface area contributed by atoms with E-state index in [0.29, 0.717) is 18.9 Å². The first-order valence-electron chi connectivity index (χ1n) is 12.2. The van der Waals surface area contributed by atoms with Crippen molar-refractivity contribution in [3.63, 3.8) is 0 Å². The molecule has 2 aromatic carbocycles. The first-order valence-corrected chi connectivity index (χ1v) is 12.6. The number of carbonyl (C=O) groups excluding carboxylic acids is 1. The molecule has 196 valence electrons. The van der Waals surface area contributed by atoms with Gasteiger partial charge in [0.2, 0.25) is 5.91 Å². The van der Waals surface area contributed by atoms with Crippen molar-refractivity contribution in [1.29, 1.82) is 0 Å². The highest BCUT2D eigenvalue weighted by atomic mass is 35.5. The number of amides is 1. The number of ether oxygens (including phenoxy) is 2. The molecule has 9 heteroatoms. The predicted octanol–water partition coefficient (Wildman–Crippen LogP) is 5.26. The smallest absolute Gasteiger partial charge is 0.304 e. The predicted molar refractivity (Wildman–Crippen MR) is 139 cm³/mol. The fourth-order valence-electron chi connectivity index (χ4n) is 4.61. The van der Waals surface area contributed by atoms with Gasteiger partial charge in [-0.2, -0.15) is 0 Å². The van der Waals surface area contributed by atoms with Crippen LogP contribution < -0.4 is 10.2 Å². The summed E-state index contributed by atoms with van der Waals surface area (Å²) in [5.74, 6) is -2.23. The lowest BCUT2D eigenvalue weighted by atomic mass is 9.94. The molecule has 1 atom stereocenters. The highest BCUT2D eigenvalue weighted by molar-refractivity contribution is 6.30. The summed E-state index contributed by atoms with van der Waals surface area (Å²) in [5.41, 5.74) is 2.41. The van der Waals surface area contributed by atoms with Gasteiger partial charge < -0.3 is 24.8 Å². The molecule has 36 heavy (non-hydrogen) atoms. The molecule has 0 unspecified atom stereocenters. The van der Waals surface area contributed by atoms with Gasteiger partial charge in [-0.1, -0.05) is 30.7 Å². The topological polar surface area (TPSA) is 88.1 Å². The highest BCUT2D eigenvalue weighted by Gasteiger charge is 2.25. The number of hydrogen-bond donors (Lipinski definition) is 2. The van der Waals surface area contributed by atoms with Crippen molar-refractivity contribution in [2.45, 2.75) is 51.0 Å². The van der Waals surface area contributed by atoms with Gasteiger partial charge in [0.05, 0.1) is 30.8 Å². The van der Waals surface area contributed by atoms with Crippen LogP contribution >= 0.6 is 11.6 Å². The van der Waals surface area contributed by atoms with Gasteiger partial charge in [0, 0.05) is 43.9 Å². The lowest BCUT2D eigenvalue weighted by Crippen LogP contribution is -2.40. The Hall–Kier alpha value is -2.68. The third kappa shape index (κ3) is 7.66. The zero-order chi connectivity index (χ0) is 26.1. The van der Waals surface area contributed by atoms with E-state index in [2.05, 4.69) is 17.1 Å². The van der Waals surface area contributed by atoms with Crippen LogP contribution in [0.5, 0.6) is 0 Å². The number of aliphatic carboxylic acids is 1. The molecule has 0 radical (unpaired) electrons. The Balaban J connectivity index is 1.96. The zero-order valence-electron chi connectivity index (χ0n) is 20.8. The Labute approximate surface area is 216 Å². The van der Waals surface area contributed by atoms with Crippen molar-refractivity contribution in [2.75, 3.05) is 43.7 Å². The van der Waals surface area contributed by atoms with Crippen molar-refractivity contribution in [3.8, 4) is 0 Å². The van der Waals surface area contributed by atoms with Crippen molar-refractivity contribution < 1.29 is 28.6 Å². The first kappa shape index (κ1) is 27.9. The molecule has 0 aliphatic carbocycles. The Kier molecular flexibility index (Phi) is 10.5. The van der Waals surface area contributed by atoms with Crippen LogP contribution in [0.4, 0.5) is 15.8 Å². The van der Waals surface area contributed by atoms with Gasteiger partial charge in [0.15, 0.2) is 0 Å². The van der Waals surface area contributed by atoms with E-state index in [0.717, 1.165) is 37.1 Å². The molecule has 1 aliphatic heterocycles. The summed E-state index contributed by atoms with van der Waals surface area (Å²) in [6, 6.07) is 10.1. The molecule has 1 fully saturated rings. The van der Waals surface area contributed by atoms with E-state index in [4.69, 9.17) is 21.1 Å². The number of benzene rings is 2. The molecule has 0 saturated carbocycles. The van der Waals surface area contributed by atoms with Crippen LogP contribution in [-0.2, 0) is 25.5 Å². The molecule has 7 nitrogen and oxygen atoms in total. The Morgan fingerprint density at radius 2 is 2.00 bits per heavy atom. The van der Waals surface area contributed by atoms with Gasteiger partial charge in [-0.25, -0.2) is 4.39 Å². The first-order chi connectivity index (χ1) is 17.3. The summed E-state index contributed by atoms with van der Waals surface area (Å²) in [5, 5.41) is 12.6. The normalized spacial score (nSPS) is 14.9. The number of nitrogens with one attached hydrogen (secondary N) is 1. The molecular weight excluding hydrogens is 487 g/mol. The number of nitrogens with zero attached hydrogens (tertiary/aromatic N) is 1. The summed E-state index contributed by atoms with van der Waals surface area (Å²) >= 11 is 5.84. The second kappa shape index (κ2) is 13.6. The summed E-state index contributed by atoms with van der Waals surface area (Å²) in [6.45, 7) is 4.47. The summed E-state index contributed by atoms with van der Waals surface area (Å²) in [4.78, 5) is 26.8. The largest absolute Gasteiger partial charge is 0.481 e. The minimum absolute atomic E-state index is 0.102. The Bertz CT molecular complexity index is 1040. The second-order valence-electron chi connectivity index (χ2n) is 9.02. The van der Waals surface area contributed by atoms with Crippen LogP contribution in [0.1, 0.15) is 49.7 Å². The number of carboxylic acid groups (broad SMARTS) is 1. The van der Waals surface area contributed by atoms with Gasteiger partial charge in [-0.15, -0.1) is 0 Å². The number of hydrogen-bond acceptors (Lipinski definition) is 5. The number of methoxy groups -OCH3 is 1. The van der Waals surface area contributed by atoms with E-state index in [-0.39, 0.29) is 47.9 Å². The summed E-state index contributed by atoms with van der Waals surface area (Å²) in [7, 11) is 1.53. The maximum atomic E-state index is 14.3. The third-order valence-corrected chi connectivity index (χ3v) is 6.56. The zero-order valence-corrected chi connectivity index (χ0v) is 21.5. The maximum absolute atomic E-state index is 14.3. The van der Waals surface area contributed by atoms with Crippen LogP contribution in [0.3, 0.4) is 0 Å². The SMILES string of the molecule is CCCN(c1ccc([C@@H](COC)CC(=O)O)cc1NC(=O)Cc1ccc(Cl)cc1F)C1CCOCC1. The Morgan fingerprint density at radius 3 is 2.64 bits per heavy atom. The fraction of sp³-hybridized carbons (Fsp3) is 0.481. The van der Waals surface area contributed by atoms with E-state index in [9.17, 15) is 19.1 Å². The maximum Gasteiger partial charge on any atom is 0.304 e. The molecule has 0 bridgehead atoms. The van der Waals surface area contributed by atoms with Crippen molar-refractivity contribution >= 4 is 34.9 Å². The van der Waals surface area contributed by atoms with Crippen LogP contribution in [0, 0.1) is 5.82 Å². The van der Waals surface area contributed by atoms with Crippen LogP contribution in [-0.4, -0.2) is 56.5 Å². The highest BCUT2D eigenvalue weighted by Crippen LogP contribution is 2.34. The van der Waals surface area contributed by atoms with Gasteiger partial charge in [0.25, 0.3) is 0 Å². The van der Waals surface area contributed by atoms with E-state index < -0.39 is 11.8 Å². The van der Waals surface area contributed by atoms with E-state index in [1.807, 2.05) is 18.2 Å². The molecule has 1 saturated heterocycles. The number of rotatable bonds is 12. The molecule has 2 aromatic rings. The van der Waals surface area contributed by atoms with Crippen LogP contribution in [0.25, 0.3) is 0 Å². The minimum Gasteiger partial charge on any atom is -0.481 e. The molecule has 0 spiro atoms. The van der Waals surface area contributed by atoms with Crippen molar-refractivity contribution in [2.24, 2.45) is 0 Å². The number of anilines is 2. The molecule has 1 aliphatic rings. The van der Waals surface area contributed by atoms with E-state index in [1.165, 1.54) is 19.2 Å². The summed E-state index contributed by atoms with van der Waals surface area (Å²) in [6.07, 6.45) is 2.39. The standard InChI is InChI=1S/C27H34ClFN2O5/c1-3-10-31(22-8-11-36-12-9-22)25-7-5-18(20(17-35-2)15-27(33)34)13-24(25)30-26(32)14-19-4-6-21(28)16-23(19)29/h4-7,13,16,20,22H,3,8-12,14-15,17H2,1-2H3,(H,30,32)(H,33,34)/t20-/m1/s1. The quantitative estimate of drug-likeness (QED) is 0.397. The molecule has 1 heterocycles. The van der Waals surface area contributed by atoms with Crippen molar-refractivity contribution in [3.05, 3.63) is 58.4 Å². The lowest BCUT2D eigenvalue weighted by molar-refractivity contribution is -0.137. The number of carboxylic acids is 1. The Morgan fingerprint density at radius 1 is 1.25 bits per heavy atom. The number of carbonyl (C=O) groups is 2. The van der Waals surface area contributed by atoms with Gasteiger partial charge >= 0.3 is 5.97 Å². The van der Waals surface area contributed by atoms with Gasteiger partial charge in [-0.05, 0) is 54.7 Å². The molecule has 0 aromatic heterocycles. The van der Waals surface area contributed by atoms with E-state index in [1.54, 1.807) is 6.07 Å². The lowest BCUT2D eigenvalue weighted by Gasteiger charge is -2.37. The molecule has 3 rings (SSSR count). The second-order valence-corrected chi connectivity index (χ2v) is 9.46. The van der Waals surface area contributed by atoms with Gasteiger partial charge in [-0.3, -0.25) is 9.59 Å². The van der Waals surface area contributed by atoms with Gasteiger partial charge in [0.1, 0.15) is 5.82 Å². The minimum atomic E-state index is -0.931. The van der Waals surface area contributed by atoms with E-state index >= 15 is 0 Å². The monoisotopic (exact) mass is 520 g/mol. The van der Waals surface area contributed by atoms with Crippen LogP contribution in [0.15, 0.2) is 36.4 Å². The van der Waals surface area contributed by atoms with Crippen molar-refractivity contribution in [1.82, 2.24) is 0 Å². The average Bonchev–Trinajstić information content (AvgIpc) is 2.84. The molecular formula is C27H34ClFN2O5. The third-order valence-electron chi connectivity index (χ3n) is 6.33. The molecule has 1 amide bonds. The average molecular weight is 521 g/mol.